The van der Waals surface area contributed by atoms with E-state index in [1.807, 2.05) is 36.4 Å². The molecule has 162 valence electrons. The summed E-state index contributed by atoms with van der Waals surface area (Å²) in [5.41, 5.74) is 10.6. The minimum atomic E-state index is -0.479. The van der Waals surface area contributed by atoms with Crippen molar-refractivity contribution in [2.24, 2.45) is 10.7 Å². The zero-order valence-electron chi connectivity index (χ0n) is 18.1. The Morgan fingerprint density at radius 3 is 2.25 bits per heavy atom. The van der Waals surface area contributed by atoms with Crippen LogP contribution in [0.3, 0.4) is 0 Å². The summed E-state index contributed by atoms with van der Waals surface area (Å²) in [6.45, 7) is 0.0204. The van der Waals surface area contributed by atoms with Crippen LogP contribution in [0.2, 0.25) is 0 Å². The van der Waals surface area contributed by atoms with E-state index in [2.05, 4.69) is 4.99 Å². The van der Waals surface area contributed by atoms with E-state index in [1.165, 1.54) is 0 Å². The summed E-state index contributed by atoms with van der Waals surface area (Å²) in [6, 6.07) is 18.6. The van der Waals surface area contributed by atoms with Crippen LogP contribution in [-0.2, 0) is 4.79 Å². The van der Waals surface area contributed by atoms with Gasteiger partial charge in [0.1, 0.15) is 6.54 Å². The van der Waals surface area contributed by atoms with Gasteiger partial charge >= 0.3 is 0 Å². The molecule has 0 aliphatic carbocycles. The van der Waals surface area contributed by atoms with Crippen molar-refractivity contribution in [3.63, 3.8) is 0 Å². The van der Waals surface area contributed by atoms with E-state index in [1.54, 1.807) is 50.4 Å². The second kappa shape index (κ2) is 8.55. The van der Waals surface area contributed by atoms with Crippen LogP contribution in [0, 0.1) is 0 Å². The van der Waals surface area contributed by atoms with E-state index in [0.717, 1.165) is 22.3 Å². The number of fused-ring (bicyclic) bond motifs is 1. The number of hydrogen-bond acceptors (Lipinski definition) is 5. The minimum absolute atomic E-state index is 0.0204. The Morgan fingerprint density at radius 1 is 0.938 bits per heavy atom. The molecular formula is C25H23N3O4. The number of primary amides is 1. The van der Waals surface area contributed by atoms with Crippen LogP contribution in [0.1, 0.15) is 21.5 Å². The van der Waals surface area contributed by atoms with Gasteiger partial charge in [0.05, 0.1) is 25.6 Å². The second-order valence-electron chi connectivity index (χ2n) is 7.37. The maximum atomic E-state index is 12.6. The molecule has 32 heavy (non-hydrogen) atoms. The van der Waals surface area contributed by atoms with E-state index >= 15 is 0 Å². The number of ether oxygens (including phenoxy) is 2. The molecule has 0 radical (unpaired) electrons. The number of nitrogens with zero attached hydrogens (tertiary/aromatic N) is 2. The second-order valence-corrected chi connectivity index (χ2v) is 7.37. The average Bonchev–Trinajstić information content (AvgIpc) is 2.94. The van der Waals surface area contributed by atoms with Crippen LogP contribution >= 0.6 is 0 Å². The number of likely N-dealkylation sites (N-methyl/N-ethyl adjacent to an activating group) is 1. The van der Waals surface area contributed by atoms with Crippen LogP contribution in [0.25, 0.3) is 11.1 Å². The molecule has 0 unspecified atom stereocenters. The third kappa shape index (κ3) is 3.80. The Kier molecular flexibility index (Phi) is 5.64. The Hall–Kier alpha value is -4.13. The zero-order chi connectivity index (χ0) is 22.8. The largest absolute Gasteiger partial charge is 0.493 e. The number of rotatable bonds is 5. The molecule has 7 nitrogen and oxygen atoms in total. The van der Waals surface area contributed by atoms with Gasteiger partial charge in [-0.25, -0.2) is 0 Å². The van der Waals surface area contributed by atoms with E-state index < -0.39 is 5.91 Å². The number of carbonyl (C=O) groups excluding carboxylic acids is 2. The molecule has 0 fully saturated rings. The number of benzene rings is 3. The molecule has 0 atom stereocenters. The molecule has 1 heterocycles. The number of nitrogens with two attached hydrogens (primary N) is 1. The number of benzodiazepines with no additional fused rings is 1. The number of hydrogen-bond donors (Lipinski definition) is 1. The van der Waals surface area contributed by atoms with Gasteiger partial charge in [0.15, 0.2) is 11.5 Å². The first-order chi connectivity index (χ1) is 15.4. The maximum absolute atomic E-state index is 12.6. The topological polar surface area (TPSA) is 94.2 Å². The van der Waals surface area contributed by atoms with E-state index in [4.69, 9.17) is 15.2 Å². The third-order valence-corrected chi connectivity index (χ3v) is 5.48. The fourth-order valence-corrected chi connectivity index (χ4v) is 3.75. The van der Waals surface area contributed by atoms with Gasteiger partial charge in [-0.05, 0) is 35.4 Å². The van der Waals surface area contributed by atoms with Crippen LogP contribution in [0.15, 0.2) is 65.7 Å². The lowest BCUT2D eigenvalue weighted by atomic mass is 9.95. The summed E-state index contributed by atoms with van der Waals surface area (Å²) in [7, 11) is 4.84. The summed E-state index contributed by atoms with van der Waals surface area (Å²) in [4.78, 5) is 30.4. The molecule has 2 amide bonds. The van der Waals surface area contributed by atoms with Crippen molar-refractivity contribution in [1.29, 1.82) is 0 Å². The highest BCUT2D eigenvalue weighted by Gasteiger charge is 2.25. The summed E-state index contributed by atoms with van der Waals surface area (Å²) in [5, 5.41) is 0. The quantitative estimate of drug-likeness (QED) is 0.673. The molecule has 0 bridgehead atoms. The first kappa shape index (κ1) is 21.1. The highest BCUT2D eigenvalue weighted by atomic mass is 16.5. The summed E-state index contributed by atoms with van der Waals surface area (Å²) in [6.07, 6.45) is 0. The fourth-order valence-electron chi connectivity index (χ4n) is 3.75. The van der Waals surface area contributed by atoms with E-state index in [9.17, 15) is 9.59 Å². The van der Waals surface area contributed by atoms with Crippen molar-refractivity contribution in [2.45, 2.75) is 0 Å². The Bertz CT molecular complexity index is 1250. The predicted octanol–water partition coefficient (Wildman–Crippen LogP) is 3.28. The van der Waals surface area contributed by atoms with Crippen molar-refractivity contribution in [2.75, 3.05) is 32.7 Å². The van der Waals surface area contributed by atoms with Crippen molar-refractivity contribution in [3.8, 4) is 22.6 Å². The third-order valence-electron chi connectivity index (χ3n) is 5.48. The first-order valence-electron chi connectivity index (χ1n) is 10.0. The van der Waals surface area contributed by atoms with Gasteiger partial charge in [0.25, 0.3) is 0 Å². The zero-order valence-corrected chi connectivity index (χ0v) is 18.1. The average molecular weight is 429 g/mol. The molecule has 0 saturated heterocycles. The van der Waals surface area contributed by atoms with Crippen molar-refractivity contribution < 1.29 is 19.1 Å². The number of carbonyl (C=O) groups is 2. The van der Waals surface area contributed by atoms with Crippen LogP contribution in [-0.4, -0.2) is 45.3 Å². The highest BCUT2D eigenvalue weighted by molar-refractivity contribution is 6.20. The molecule has 3 aromatic carbocycles. The monoisotopic (exact) mass is 429 g/mol. The van der Waals surface area contributed by atoms with Crippen LogP contribution < -0.4 is 20.1 Å². The molecule has 1 aliphatic heterocycles. The maximum Gasteiger partial charge on any atom is 0.248 e. The standard InChI is InChI=1S/C25H23N3O4/c1-28-20-13-22(32-3)21(31-2)12-19(20)24(27-14-23(28)29)17-8-4-6-15(10-17)16-7-5-9-18(11-16)25(26)30/h4-13H,14H2,1-3H3,(H2,26,30). The normalized spacial score (nSPS) is 13.2. The van der Waals surface area contributed by atoms with Crippen molar-refractivity contribution in [3.05, 3.63) is 77.4 Å². The molecule has 4 rings (SSSR count). The van der Waals surface area contributed by atoms with Gasteiger partial charge in [0.2, 0.25) is 11.8 Å². The van der Waals surface area contributed by atoms with E-state index in [0.29, 0.717) is 28.5 Å². The first-order valence-corrected chi connectivity index (χ1v) is 10.0. The summed E-state index contributed by atoms with van der Waals surface area (Å²) >= 11 is 0. The fraction of sp³-hybridized carbons (Fsp3) is 0.160. The number of aliphatic imine (C=N–C) groups is 1. The van der Waals surface area contributed by atoms with Gasteiger partial charge in [-0.15, -0.1) is 0 Å². The SMILES string of the molecule is COc1cc2c(cc1OC)N(C)C(=O)CN=C2c1cccc(-c2cccc(C(N)=O)c2)c1. The minimum Gasteiger partial charge on any atom is -0.493 e. The Morgan fingerprint density at radius 2 is 1.56 bits per heavy atom. The predicted molar refractivity (Wildman–Crippen MR) is 124 cm³/mol. The van der Waals surface area contributed by atoms with Crippen LogP contribution in [0.5, 0.6) is 11.5 Å². The van der Waals surface area contributed by atoms with E-state index in [-0.39, 0.29) is 12.5 Å². The summed E-state index contributed by atoms with van der Waals surface area (Å²) < 4.78 is 10.9. The van der Waals surface area contributed by atoms with Gasteiger partial charge in [0, 0.05) is 29.8 Å². The number of anilines is 1. The van der Waals surface area contributed by atoms with Gasteiger partial charge in [-0.3, -0.25) is 14.6 Å². The Labute approximate surface area is 186 Å². The van der Waals surface area contributed by atoms with Crippen LogP contribution in [0.4, 0.5) is 5.69 Å². The van der Waals surface area contributed by atoms with Crippen molar-refractivity contribution >= 4 is 23.2 Å². The van der Waals surface area contributed by atoms with Crippen molar-refractivity contribution in [1.82, 2.24) is 0 Å². The van der Waals surface area contributed by atoms with Gasteiger partial charge in [-0.1, -0.05) is 30.3 Å². The van der Waals surface area contributed by atoms with Gasteiger partial charge < -0.3 is 20.1 Å². The molecule has 0 spiro atoms. The molecule has 2 N–H and O–H groups in total. The molecule has 0 aromatic heterocycles. The number of amides is 2. The highest BCUT2D eigenvalue weighted by Crippen LogP contribution is 2.37. The molecule has 3 aromatic rings. The van der Waals surface area contributed by atoms with Gasteiger partial charge in [-0.2, -0.15) is 0 Å². The smallest absolute Gasteiger partial charge is 0.248 e. The molecule has 0 saturated carbocycles. The lowest BCUT2D eigenvalue weighted by molar-refractivity contribution is -0.116. The lowest BCUT2D eigenvalue weighted by Crippen LogP contribution is -2.27. The Balaban J connectivity index is 1.87. The summed E-state index contributed by atoms with van der Waals surface area (Å²) in [5.74, 6) is 0.475. The molecule has 1 aliphatic rings. The molecular weight excluding hydrogens is 406 g/mol. The molecule has 7 heteroatoms. The lowest BCUT2D eigenvalue weighted by Gasteiger charge is -2.20. The number of methoxy groups -OCH3 is 2.